The Morgan fingerprint density at radius 3 is 1.41 bits per heavy atom. The lowest BCUT2D eigenvalue weighted by atomic mass is 9.95. The Morgan fingerprint density at radius 1 is 0.432 bits per heavy atom. The number of hydrogen-bond donors (Lipinski definition) is 0. The number of rotatable bonds is 6. The number of halogens is 1. The summed E-state index contributed by atoms with van der Waals surface area (Å²) < 4.78 is 0. The van der Waals surface area contributed by atoms with Crippen LogP contribution in [-0.4, -0.2) is 11.6 Å². The first kappa shape index (κ1) is 24.4. The van der Waals surface area contributed by atoms with Crippen LogP contribution >= 0.6 is 12.4 Å². The zero-order chi connectivity index (χ0) is 24.2. The summed E-state index contributed by atoms with van der Waals surface area (Å²) in [4.78, 5) is 4.72. The second-order valence-electron chi connectivity index (χ2n) is 9.14. The highest BCUT2D eigenvalue weighted by atomic mass is 35.5. The normalized spacial score (nSPS) is 13.3. The molecule has 0 aliphatic carbocycles. The Kier molecular flexibility index (Phi) is 7.39. The van der Waals surface area contributed by atoms with Gasteiger partial charge < -0.3 is 9.80 Å². The quantitative estimate of drug-likeness (QED) is 0.230. The fraction of sp³-hybridized carbons (Fsp3) is 0.0588. The summed E-state index contributed by atoms with van der Waals surface area (Å²) >= 11 is 0. The van der Waals surface area contributed by atoms with Crippen LogP contribution in [0.4, 0.5) is 5.69 Å². The maximum absolute atomic E-state index is 2.41. The predicted octanol–water partition coefficient (Wildman–Crippen LogP) is 8.78. The molecule has 5 aromatic rings. The van der Waals surface area contributed by atoms with Gasteiger partial charge in [-0.1, -0.05) is 127 Å². The van der Waals surface area contributed by atoms with Crippen molar-refractivity contribution in [2.75, 3.05) is 11.6 Å². The van der Waals surface area contributed by atoms with Gasteiger partial charge in [-0.3, -0.25) is 0 Å². The lowest BCUT2D eigenvalue weighted by molar-refractivity contribution is 0.343. The minimum Gasteiger partial charge on any atom is -0.347 e. The minimum absolute atomic E-state index is 0. The molecule has 1 aliphatic rings. The minimum atomic E-state index is 0. The SMILES string of the molecule is C1=CN(C(c2ccccc2)c2ccc(-c3ccccc3)cc2)CN1c1ccc(-c2ccccc2)cc1.Cl. The van der Waals surface area contributed by atoms with E-state index >= 15 is 0 Å². The first-order chi connectivity index (χ1) is 17.8. The fourth-order valence-corrected chi connectivity index (χ4v) is 4.95. The first-order valence-electron chi connectivity index (χ1n) is 12.4. The van der Waals surface area contributed by atoms with Gasteiger partial charge in [0, 0.05) is 18.1 Å². The molecule has 1 unspecified atom stereocenters. The molecule has 1 atom stereocenters. The van der Waals surface area contributed by atoms with Gasteiger partial charge >= 0.3 is 0 Å². The number of hydrogen-bond acceptors (Lipinski definition) is 2. The summed E-state index contributed by atoms with van der Waals surface area (Å²) in [6.45, 7) is 0.796. The zero-order valence-corrected chi connectivity index (χ0v) is 21.3. The molecule has 182 valence electrons. The van der Waals surface area contributed by atoms with Gasteiger partial charge in [0.05, 0.1) is 12.7 Å². The molecule has 0 spiro atoms. The largest absolute Gasteiger partial charge is 0.347 e. The van der Waals surface area contributed by atoms with Gasteiger partial charge in [-0.15, -0.1) is 12.4 Å². The van der Waals surface area contributed by atoms with Gasteiger partial charge in [0.15, 0.2) is 0 Å². The number of benzene rings is 5. The third-order valence-corrected chi connectivity index (χ3v) is 6.84. The van der Waals surface area contributed by atoms with Crippen molar-refractivity contribution < 1.29 is 0 Å². The molecule has 6 rings (SSSR count). The Bertz CT molecular complexity index is 1430. The van der Waals surface area contributed by atoms with Crippen molar-refractivity contribution in [2.24, 2.45) is 0 Å². The highest BCUT2D eigenvalue weighted by Gasteiger charge is 2.25. The predicted molar refractivity (Wildman–Crippen MR) is 158 cm³/mol. The molecule has 37 heavy (non-hydrogen) atoms. The van der Waals surface area contributed by atoms with E-state index in [4.69, 9.17) is 0 Å². The van der Waals surface area contributed by atoms with Crippen LogP contribution in [0.3, 0.4) is 0 Å². The van der Waals surface area contributed by atoms with E-state index < -0.39 is 0 Å². The summed E-state index contributed by atoms with van der Waals surface area (Å²) in [5.74, 6) is 0. The molecule has 0 bridgehead atoms. The van der Waals surface area contributed by atoms with Crippen LogP contribution in [-0.2, 0) is 0 Å². The summed E-state index contributed by atoms with van der Waals surface area (Å²) in [6.07, 6.45) is 4.40. The van der Waals surface area contributed by atoms with E-state index in [1.54, 1.807) is 0 Å². The van der Waals surface area contributed by atoms with Crippen molar-refractivity contribution in [3.05, 3.63) is 163 Å². The van der Waals surface area contributed by atoms with Crippen LogP contribution in [0.5, 0.6) is 0 Å². The Balaban J connectivity index is 0.00000280. The molecule has 0 fully saturated rings. The van der Waals surface area contributed by atoms with E-state index in [1.165, 1.54) is 39.1 Å². The van der Waals surface area contributed by atoms with Crippen molar-refractivity contribution in [1.82, 2.24) is 4.90 Å². The highest BCUT2D eigenvalue weighted by molar-refractivity contribution is 5.85. The van der Waals surface area contributed by atoms with Crippen LogP contribution < -0.4 is 4.90 Å². The van der Waals surface area contributed by atoms with E-state index in [-0.39, 0.29) is 18.4 Å². The summed E-state index contributed by atoms with van der Waals surface area (Å²) in [5, 5.41) is 0. The van der Waals surface area contributed by atoms with E-state index in [1.807, 2.05) is 0 Å². The second-order valence-corrected chi connectivity index (χ2v) is 9.14. The average Bonchev–Trinajstić information content (AvgIpc) is 3.45. The van der Waals surface area contributed by atoms with Crippen molar-refractivity contribution >= 4 is 18.1 Å². The van der Waals surface area contributed by atoms with Crippen LogP contribution in [0, 0.1) is 0 Å². The lowest BCUT2D eigenvalue weighted by Gasteiger charge is -2.31. The van der Waals surface area contributed by atoms with Gasteiger partial charge in [0.25, 0.3) is 0 Å². The van der Waals surface area contributed by atoms with E-state index in [0.29, 0.717) is 0 Å². The molecular weight excluding hydrogens is 472 g/mol. The maximum atomic E-state index is 2.41. The van der Waals surface area contributed by atoms with Crippen molar-refractivity contribution in [3.8, 4) is 22.3 Å². The Hall–Kier alpha value is -4.27. The molecule has 0 radical (unpaired) electrons. The summed E-state index contributed by atoms with van der Waals surface area (Å²) in [7, 11) is 0. The third kappa shape index (κ3) is 5.30. The van der Waals surface area contributed by atoms with Crippen molar-refractivity contribution in [3.63, 3.8) is 0 Å². The first-order valence-corrected chi connectivity index (χ1v) is 12.4. The van der Waals surface area contributed by atoms with Gasteiger partial charge in [-0.05, 0) is 45.5 Å². The Labute approximate surface area is 225 Å². The van der Waals surface area contributed by atoms with E-state index in [9.17, 15) is 0 Å². The Morgan fingerprint density at radius 2 is 0.865 bits per heavy atom. The van der Waals surface area contributed by atoms with E-state index in [0.717, 1.165) is 6.67 Å². The van der Waals surface area contributed by atoms with Crippen molar-refractivity contribution in [1.29, 1.82) is 0 Å². The van der Waals surface area contributed by atoms with Gasteiger partial charge in [0.1, 0.15) is 0 Å². The molecular formula is C34H29ClN2. The number of anilines is 1. The molecule has 0 aromatic heterocycles. The molecule has 3 heteroatoms. The summed E-state index contributed by atoms with van der Waals surface area (Å²) in [5.41, 5.74) is 8.72. The number of nitrogens with zero attached hydrogens (tertiary/aromatic N) is 2. The molecule has 0 saturated heterocycles. The van der Waals surface area contributed by atoms with Crippen LogP contribution in [0.25, 0.3) is 22.3 Å². The second kappa shape index (κ2) is 11.2. The highest BCUT2D eigenvalue weighted by Crippen LogP contribution is 2.34. The summed E-state index contributed by atoms with van der Waals surface area (Å²) in [6, 6.07) is 49.9. The molecule has 5 aromatic carbocycles. The average molecular weight is 501 g/mol. The molecule has 0 saturated carbocycles. The van der Waals surface area contributed by atoms with Crippen LogP contribution in [0.1, 0.15) is 17.2 Å². The van der Waals surface area contributed by atoms with Crippen LogP contribution in [0.15, 0.2) is 152 Å². The monoisotopic (exact) mass is 500 g/mol. The third-order valence-electron chi connectivity index (χ3n) is 6.84. The zero-order valence-electron chi connectivity index (χ0n) is 20.5. The van der Waals surface area contributed by atoms with Gasteiger partial charge in [0.2, 0.25) is 0 Å². The molecule has 1 heterocycles. The molecule has 2 nitrogen and oxygen atoms in total. The molecule has 1 aliphatic heterocycles. The standard InChI is InChI=1S/C34H28N2.ClH/c1-4-10-27(11-5-1)29-16-18-32(19-17-29)34(31-14-8-3-9-15-31)36-25-24-35(26-36)33-22-20-30(21-23-33)28-12-6-2-7-13-28;/h1-25,34H,26H2;1H. The molecule has 0 N–H and O–H groups in total. The maximum Gasteiger partial charge on any atom is 0.0950 e. The lowest BCUT2D eigenvalue weighted by Crippen LogP contribution is -2.29. The topological polar surface area (TPSA) is 6.48 Å². The fourth-order valence-electron chi connectivity index (χ4n) is 4.95. The molecule has 0 amide bonds. The smallest absolute Gasteiger partial charge is 0.0950 e. The van der Waals surface area contributed by atoms with Crippen LogP contribution in [0.2, 0.25) is 0 Å². The van der Waals surface area contributed by atoms with Gasteiger partial charge in [-0.25, -0.2) is 0 Å². The van der Waals surface area contributed by atoms with Gasteiger partial charge in [-0.2, -0.15) is 0 Å². The van der Waals surface area contributed by atoms with Crippen molar-refractivity contribution in [2.45, 2.75) is 6.04 Å². The van der Waals surface area contributed by atoms with E-state index in [2.05, 4.69) is 162 Å².